The van der Waals surface area contributed by atoms with Gasteiger partial charge in [-0.15, -0.1) is 11.3 Å². The molecule has 1 amide bonds. The number of hydrogen-bond acceptors (Lipinski definition) is 4. The third kappa shape index (κ3) is 4.41. The van der Waals surface area contributed by atoms with E-state index in [1.807, 2.05) is 13.0 Å². The molecule has 2 aromatic heterocycles. The smallest absolute Gasteiger partial charge is 0.287 e. The topological polar surface area (TPSA) is 45.5 Å². The monoisotopic (exact) mass is 410 g/mol. The summed E-state index contributed by atoms with van der Waals surface area (Å²) in [4.78, 5) is 16.9. The van der Waals surface area contributed by atoms with Crippen LogP contribution in [0.5, 0.6) is 0 Å². The maximum absolute atomic E-state index is 13.0. The number of thiophene rings is 1. The molecule has 3 aromatic rings. The molecule has 1 N–H and O–H groups in total. The van der Waals surface area contributed by atoms with Crippen LogP contribution in [0.1, 0.15) is 65.2 Å². The largest absolute Gasteiger partial charge is 0.451 e. The number of nitrogens with zero attached hydrogens (tertiary/aromatic N) is 1. The fourth-order valence-corrected chi connectivity index (χ4v) is 5.13. The fourth-order valence-electron chi connectivity index (χ4n) is 4.27. The molecular formula is C24H30N2O2S. The molecule has 3 heterocycles. The molecule has 4 nitrogen and oxygen atoms in total. The van der Waals surface area contributed by atoms with Crippen molar-refractivity contribution in [2.75, 3.05) is 19.6 Å². The second kappa shape index (κ2) is 9.14. The van der Waals surface area contributed by atoms with Gasteiger partial charge in [-0.2, -0.15) is 0 Å². The molecule has 1 aromatic carbocycles. The Kier molecular flexibility index (Phi) is 6.36. The molecule has 0 unspecified atom stereocenters. The summed E-state index contributed by atoms with van der Waals surface area (Å²) in [5.41, 5.74) is 2.97. The van der Waals surface area contributed by atoms with Gasteiger partial charge in [-0.1, -0.05) is 31.9 Å². The van der Waals surface area contributed by atoms with Gasteiger partial charge in [-0.3, -0.25) is 9.69 Å². The van der Waals surface area contributed by atoms with Gasteiger partial charge >= 0.3 is 0 Å². The van der Waals surface area contributed by atoms with E-state index in [9.17, 15) is 4.79 Å². The van der Waals surface area contributed by atoms with Crippen molar-refractivity contribution >= 4 is 28.2 Å². The van der Waals surface area contributed by atoms with Crippen LogP contribution in [0.3, 0.4) is 0 Å². The summed E-state index contributed by atoms with van der Waals surface area (Å²) in [6.07, 6.45) is 6.05. The highest BCUT2D eigenvalue weighted by molar-refractivity contribution is 7.10. The Hall–Kier alpha value is -2.11. The van der Waals surface area contributed by atoms with Gasteiger partial charge in [0, 0.05) is 22.4 Å². The van der Waals surface area contributed by atoms with Crippen molar-refractivity contribution in [3.05, 3.63) is 57.5 Å². The number of hydrogen-bond donors (Lipinski definition) is 1. The van der Waals surface area contributed by atoms with Crippen LogP contribution in [0.15, 0.2) is 40.1 Å². The summed E-state index contributed by atoms with van der Waals surface area (Å²) in [5.74, 6) is 0.321. The van der Waals surface area contributed by atoms with E-state index in [1.165, 1.54) is 36.1 Å². The summed E-state index contributed by atoms with van der Waals surface area (Å²) >= 11 is 1.77. The number of carbonyl (C=O) groups excluding carboxylic acids is 1. The minimum absolute atomic E-state index is 0.117. The van der Waals surface area contributed by atoms with Crippen LogP contribution in [0.2, 0.25) is 0 Å². The van der Waals surface area contributed by atoms with E-state index in [-0.39, 0.29) is 11.9 Å². The lowest BCUT2D eigenvalue weighted by atomic mass is 10.1. The normalized spacial score (nSPS) is 16.6. The summed E-state index contributed by atoms with van der Waals surface area (Å²) in [6.45, 7) is 6.92. The molecule has 29 heavy (non-hydrogen) atoms. The number of amides is 1. The molecule has 0 saturated carbocycles. The molecule has 0 spiro atoms. The van der Waals surface area contributed by atoms with Gasteiger partial charge in [0.1, 0.15) is 5.58 Å². The summed E-state index contributed by atoms with van der Waals surface area (Å²) < 4.78 is 5.93. The zero-order valence-electron chi connectivity index (χ0n) is 17.4. The third-order valence-electron chi connectivity index (χ3n) is 6.02. The number of benzene rings is 1. The molecule has 154 valence electrons. The number of furan rings is 1. The Balaban J connectivity index is 1.52. The first-order valence-electron chi connectivity index (χ1n) is 10.7. The molecule has 0 aliphatic carbocycles. The quantitative estimate of drug-likeness (QED) is 0.566. The predicted molar refractivity (Wildman–Crippen MR) is 120 cm³/mol. The van der Waals surface area contributed by atoms with Crippen molar-refractivity contribution in [1.82, 2.24) is 10.2 Å². The van der Waals surface area contributed by atoms with E-state index < -0.39 is 0 Å². The first kappa shape index (κ1) is 20.2. The molecule has 1 aliphatic heterocycles. The molecule has 1 atom stereocenters. The predicted octanol–water partition coefficient (Wildman–Crippen LogP) is 5.71. The van der Waals surface area contributed by atoms with Gasteiger partial charge in [0.2, 0.25) is 0 Å². The maximum atomic E-state index is 13.0. The Morgan fingerprint density at radius 3 is 2.69 bits per heavy atom. The Morgan fingerprint density at radius 2 is 2.00 bits per heavy atom. The molecular weight excluding hydrogens is 380 g/mol. The highest BCUT2D eigenvalue weighted by Crippen LogP contribution is 2.29. The number of likely N-dealkylation sites (tertiary alicyclic amines) is 1. The van der Waals surface area contributed by atoms with Gasteiger partial charge in [0.05, 0.1) is 6.04 Å². The van der Waals surface area contributed by atoms with Crippen LogP contribution in [-0.4, -0.2) is 30.4 Å². The second-order valence-electron chi connectivity index (χ2n) is 7.93. The standard InChI is InChI=1S/C24H30N2O2S/c1-3-18-10-11-21-19(15-18)17(2)23(28-21)24(27)25-16-20(22-9-8-14-29-22)26-12-6-4-5-7-13-26/h8-11,14-15,20H,3-7,12-13,16H2,1-2H3,(H,25,27)/t20-/m1/s1. The molecule has 1 fully saturated rings. The third-order valence-corrected chi connectivity index (χ3v) is 7.00. The Morgan fingerprint density at radius 1 is 1.21 bits per heavy atom. The van der Waals surface area contributed by atoms with Crippen LogP contribution in [0.4, 0.5) is 0 Å². The van der Waals surface area contributed by atoms with Crippen molar-refractivity contribution in [2.24, 2.45) is 0 Å². The van der Waals surface area contributed by atoms with Crippen molar-refractivity contribution in [3.8, 4) is 0 Å². The van der Waals surface area contributed by atoms with E-state index >= 15 is 0 Å². The number of carbonyl (C=O) groups is 1. The summed E-state index contributed by atoms with van der Waals surface area (Å²) in [7, 11) is 0. The molecule has 1 saturated heterocycles. The highest BCUT2D eigenvalue weighted by Gasteiger charge is 2.25. The van der Waals surface area contributed by atoms with E-state index in [0.717, 1.165) is 36.0 Å². The van der Waals surface area contributed by atoms with Gasteiger partial charge in [-0.05, 0) is 68.4 Å². The molecule has 1 aliphatic rings. The fraction of sp³-hybridized carbons (Fsp3) is 0.458. The average Bonchev–Trinajstić information content (AvgIpc) is 3.29. The van der Waals surface area contributed by atoms with Gasteiger partial charge in [0.15, 0.2) is 5.76 Å². The second-order valence-corrected chi connectivity index (χ2v) is 8.91. The molecule has 4 rings (SSSR count). The van der Waals surface area contributed by atoms with Crippen molar-refractivity contribution < 1.29 is 9.21 Å². The van der Waals surface area contributed by atoms with Crippen LogP contribution in [0, 0.1) is 6.92 Å². The SMILES string of the molecule is CCc1ccc2oc(C(=O)NC[C@H](c3cccs3)N3CCCCCC3)c(C)c2c1. The maximum Gasteiger partial charge on any atom is 0.287 e. The van der Waals surface area contributed by atoms with E-state index in [2.05, 4.69) is 46.8 Å². The Bertz CT molecular complexity index is 953. The van der Waals surface area contributed by atoms with Crippen molar-refractivity contribution in [2.45, 2.75) is 52.0 Å². The van der Waals surface area contributed by atoms with E-state index in [1.54, 1.807) is 11.3 Å². The lowest BCUT2D eigenvalue weighted by molar-refractivity contribution is 0.0907. The van der Waals surface area contributed by atoms with Crippen molar-refractivity contribution in [3.63, 3.8) is 0 Å². The first-order chi connectivity index (χ1) is 14.2. The number of nitrogens with one attached hydrogen (secondary N) is 1. The summed E-state index contributed by atoms with van der Waals surface area (Å²) in [6, 6.07) is 10.7. The van der Waals surface area contributed by atoms with E-state index in [4.69, 9.17) is 4.42 Å². The minimum atomic E-state index is -0.117. The average molecular weight is 411 g/mol. The van der Waals surface area contributed by atoms with E-state index in [0.29, 0.717) is 12.3 Å². The minimum Gasteiger partial charge on any atom is -0.451 e. The lowest BCUT2D eigenvalue weighted by Gasteiger charge is -2.30. The number of aryl methyl sites for hydroxylation is 2. The van der Waals surface area contributed by atoms with Crippen LogP contribution in [-0.2, 0) is 6.42 Å². The Labute approximate surface area is 176 Å². The number of rotatable bonds is 6. The highest BCUT2D eigenvalue weighted by atomic mass is 32.1. The van der Waals surface area contributed by atoms with Crippen LogP contribution < -0.4 is 5.32 Å². The zero-order chi connectivity index (χ0) is 20.2. The van der Waals surface area contributed by atoms with Crippen molar-refractivity contribution in [1.29, 1.82) is 0 Å². The summed E-state index contributed by atoms with van der Waals surface area (Å²) in [5, 5.41) is 6.33. The zero-order valence-corrected chi connectivity index (χ0v) is 18.2. The van der Waals surface area contributed by atoms with Gasteiger partial charge in [-0.25, -0.2) is 0 Å². The van der Waals surface area contributed by atoms with Crippen LogP contribution >= 0.6 is 11.3 Å². The van der Waals surface area contributed by atoms with Crippen LogP contribution in [0.25, 0.3) is 11.0 Å². The molecule has 0 bridgehead atoms. The molecule has 0 radical (unpaired) electrons. The van der Waals surface area contributed by atoms with Gasteiger partial charge in [0.25, 0.3) is 5.91 Å². The lowest BCUT2D eigenvalue weighted by Crippen LogP contribution is -2.38. The van der Waals surface area contributed by atoms with Gasteiger partial charge < -0.3 is 9.73 Å². The first-order valence-corrected chi connectivity index (χ1v) is 11.6. The number of fused-ring (bicyclic) bond motifs is 1. The molecule has 5 heteroatoms.